The molecule has 0 saturated carbocycles. The molecular weight excluding hydrogens is 522 g/mol. The molecule has 0 aliphatic carbocycles. The number of benzene rings is 2. The second-order valence-corrected chi connectivity index (χ2v) is 11.4. The zero-order valence-electron chi connectivity index (χ0n) is 19.4. The smallest absolute Gasteiger partial charge is 0.305 e. The van der Waals surface area contributed by atoms with E-state index in [1.165, 1.54) is 0 Å². The van der Waals surface area contributed by atoms with Crippen molar-refractivity contribution in [3.8, 4) is 11.5 Å². The third kappa shape index (κ3) is 6.66. The minimum absolute atomic E-state index is 0.0296. The van der Waals surface area contributed by atoms with Gasteiger partial charge in [0.25, 0.3) is 5.91 Å². The zero-order chi connectivity index (χ0) is 25.7. The standard InChI is InChI=1S/C24H23N3O6S3/c1-15-5-3-4-6-17(15)13-33-20-10-18(23(28)27-24-25-12-22(35-24)36(29,30)31)9-19(11-20)32-8-7-21-16(2)26-14-34-21/h3-6,9-12,14H,7-8,13H2,1-2H3,(H,25,27,28)(H,29,30,31). The van der Waals surface area contributed by atoms with Gasteiger partial charge >= 0.3 is 10.1 Å². The van der Waals surface area contributed by atoms with E-state index in [1.54, 1.807) is 35.0 Å². The second-order valence-electron chi connectivity index (χ2n) is 7.78. The van der Waals surface area contributed by atoms with Gasteiger partial charge in [0.15, 0.2) is 9.34 Å². The number of nitrogens with one attached hydrogen (secondary N) is 1. The monoisotopic (exact) mass is 545 g/mol. The van der Waals surface area contributed by atoms with Crippen LogP contribution < -0.4 is 14.8 Å². The molecule has 36 heavy (non-hydrogen) atoms. The summed E-state index contributed by atoms with van der Waals surface area (Å²) in [4.78, 5) is 22.1. The van der Waals surface area contributed by atoms with E-state index >= 15 is 0 Å². The van der Waals surface area contributed by atoms with Gasteiger partial charge in [-0.1, -0.05) is 35.6 Å². The number of anilines is 1. The van der Waals surface area contributed by atoms with Gasteiger partial charge < -0.3 is 9.47 Å². The average Bonchev–Trinajstić information content (AvgIpc) is 3.47. The number of carbonyl (C=O) groups is 1. The number of rotatable bonds is 10. The van der Waals surface area contributed by atoms with Crippen molar-refractivity contribution in [1.82, 2.24) is 9.97 Å². The number of thiazole rings is 2. The van der Waals surface area contributed by atoms with Gasteiger partial charge in [0, 0.05) is 22.9 Å². The van der Waals surface area contributed by atoms with Crippen LogP contribution in [-0.4, -0.2) is 35.5 Å². The molecule has 0 saturated heterocycles. The Hall–Kier alpha value is -3.32. The lowest BCUT2D eigenvalue weighted by atomic mass is 10.1. The van der Waals surface area contributed by atoms with Crippen LogP contribution >= 0.6 is 22.7 Å². The van der Waals surface area contributed by atoms with Crippen LogP contribution in [0.3, 0.4) is 0 Å². The highest BCUT2D eigenvalue weighted by Gasteiger charge is 2.17. The summed E-state index contributed by atoms with van der Waals surface area (Å²) in [5.74, 6) is 0.353. The molecule has 12 heteroatoms. The van der Waals surface area contributed by atoms with Crippen LogP contribution in [0.25, 0.3) is 0 Å². The van der Waals surface area contributed by atoms with Crippen LogP contribution in [0, 0.1) is 13.8 Å². The van der Waals surface area contributed by atoms with Crippen molar-refractivity contribution >= 4 is 43.8 Å². The average molecular weight is 546 g/mol. The number of hydrogen-bond acceptors (Lipinski definition) is 9. The number of nitrogens with zero attached hydrogens (tertiary/aromatic N) is 2. The van der Waals surface area contributed by atoms with Crippen LogP contribution in [0.1, 0.15) is 32.1 Å². The molecule has 4 rings (SSSR count). The van der Waals surface area contributed by atoms with Crippen molar-refractivity contribution in [3.63, 3.8) is 0 Å². The van der Waals surface area contributed by atoms with Crippen LogP contribution in [-0.2, 0) is 23.1 Å². The summed E-state index contributed by atoms with van der Waals surface area (Å²) in [6.45, 7) is 4.63. The van der Waals surface area contributed by atoms with Crippen molar-refractivity contribution < 1.29 is 27.2 Å². The highest BCUT2D eigenvalue weighted by molar-refractivity contribution is 7.88. The molecule has 2 aromatic carbocycles. The maximum atomic E-state index is 12.9. The third-order valence-electron chi connectivity index (χ3n) is 5.20. The molecule has 0 atom stereocenters. The van der Waals surface area contributed by atoms with E-state index in [4.69, 9.17) is 14.0 Å². The van der Waals surface area contributed by atoms with Crippen molar-refractivity contribution in [1.29, 1.82) is 0 Å². The lowest BCUT2D eigenvalue weighted by Gasteiger charge is -2.13. The normalized spacial score (nSPS) is 11.3. The summed E-state index contributed by atoms with van der Waals surface area (Å²) in [5.41, 5.74) is 5.09. The SMILES string of the molecule is Cc1ccccc1COc1cc(OCCc2scnc2C)cc(C(=O)Nc2ncc(S(=O)(=O)O)s2)c1. The molecule has 0 aliphatic rings. The lowest BCUT2D eigenvalue weighted by Crippen LogP contribution is -2.12. The fourth-order valence-corrected chi connectivity index (χ4v) is 5.39. The first-order valence-corrected chi connectivity index (χ1v) is 13.9. The van der Waals surface area contributed by atoms with Crippen LogP contribution in [0.4, 0.5) is 5.13 Å². The van der Waals surface area contributed by atoms with Crippen molar-refractivity contribution in [2.75, 3.05) is 11.9 Å². The second kappa shape index (κ2) is 11.2. The lowest BCUT2D eigenvalue weighted by molar-refractivity contribution is 0.102. The number of aryl methyl sites for hydroxylation is 2. The Kier molecular flexibility index (Phi) is 7.99. The Bertz CT molecular complexity index is 1480. The molecule has 2 heterocycles. The number of carbonyl (C=O) groups excluding carboxylic acids is 1. The topological polar surface area (TPSA) is 128 Å². The van der Waals surface area contributed by atoms with Gasteiger partial charge in [0.1, 0.15) is 18.1 Å². The zero-order valence-corrected chi connectivity index (χ0v) is 21.9. The molecule has 0 unspecified atom stereocenters. The van der Waals surface area contributed by atoms with Gasteiger partial charge in [-0.2, -0.15) is 8.42 Å². The summed E-state index contributed by atoms with van der Waals surface area (Å²) >= 11 is 2.21. The van der Waals surface area contributed by atoms with E-state index in [9.17, 15) is 13.2 Å². The molecule has 0 bridgehead atoms. The van der Waals surface area contributed by atoms with Gasteiger partial charge in [-0.25, -0.2) is 9.97 Å². The largest absolute Gasteiger partial charge is 0.493 e. The van der Waals surface area contributed by atoms with Gasteiger partial charge in [0.05, 0.1) is 24.0 Å². The first kappa shape index (κ1) is 25.8. The van der Waals surface area contributed by atoms with E-state index in [-0.39, 0.29) is 14.9 Å². The first-order valence-electron chi connectivity index (χ1n) is 10.8. The quantitative estimate of drug-likeness (QED) is 0.269. The molecule has 0 aliphatic heterocycles. The Balaban J connectivity index is 1.53. The summed E-state index contributed by atoms with van der Waals surface area (Å²) in [6.07, 6.45) is 1.65. The van der Waals surface area contributed by atoms with Crippen LogP contribution in [0.2, 0.25) is 0 Å². The van der Waals surface area contributed by atoms with E-state index < -0.39 is 16.0 Å². The van der Waals surface area contributed by atoms with Crippen LogP contribution in [0.5, 0.6) is 11.5 Å². The number of aromatic nitrogens is 2. The van der Waals surface area contributed by atoms with Crippen LogP contribution in [0.15, 0.2) is 58.4 Å². The summed E-state index contributed by atoms with van der Waals surface area (Å²) in [6, 6.07) is 12.7. The molecule has 0 radical (unpaired) electrons. The molecule has 0 spiro atoms. The highest BCUT2D eigenvalue weighted by atomic mass is 32.3. The molecule has 0 fully saturated rings. The predicted octanol–water partition coefficient (Wildman–Crippen LogP) is 4.92. The van der Waals surface area contributed by atoms with E-state index in [1.807, 2.05) is 38.1 Å². The van der Waals surface area contributed by atoms with Gasteiger partial charge in [-0.3, -0.25) is 14.7 Å². The Morgan fingerprint density at radius 3 is 2.50 bits per heavy atom. The maximum Gasteiger partial charge on any atom is 0.305 e. The molecule has 188 valence electrons. The van der Waals surface area contributed by atoms with E-state index in [0.29, 0.717) is 42.5 Å². The Labute approximate surface area is 216 Å². The summed E-state index contributed by atoms with van der Waals surface area (Å²) in [5, 5.41) is 2.58. The first-order chi connectivity index (χ1) is 17.2. The third-order valence-corrected chi connectivity index (χ3v) is 8.40. The predicted molar refractivity (Wildman–Crippen MR) is 138 cm³/mol. The molecule has 4 aromatic rings. The minimum Gasteiger partial charge on any atom is -0.493 e. The Morgan fingerprint density at radius 1 is 1.08 bits per heavy atom. The number of ether oxygens (including phenoxy) is 2. The molecule has 2 N–H and O–H groups in total. The fourth-order valence-electron chi connectivity index (χ4n) is 3.24. The summed E-state index contributed by atoms with van der Waals surface area (Å²) < 4.78 is 43.3. The number of hydrogen-bond donors (Lipinski definition) is 2. The van der Waals surface area contributed by atoms with E-state index in [0.717, 1.165) is 27.9 Å². The highest BCUT2D eigenvalue weighted by Crippen LogP contribution is 2.27. The maximum absolute atomic E-state index is 12.9. The van der Waals surface area contributed by atoms with Crippen molar-refractivity contribution in [3.05, 3.63) is 81.4 Å². The van der Waals surface area contributed by atoms with E-state index in [2.05, 4.69) is 15.3 Å². The fraction of sp³-hybridized carbons (Fsp3) is 0.208. The Morgan fingerprint density at radius 2 is 1.83 bits per heavy atom. The molecule has 9 nitrogen and oxygen atoms in total. The summed E-state index contributed by atoms with van der Waals surface area (Å²) in [7, 11) is -4.40. The van der Waals surface area contributed by atoms with Gasteiger partial charge in [-0.15, -0.1) is 11.3 Å². The van der Waals surface area contributed by atoms with Crippen molar-refractivity contribution in [2.24, 2.45) is 0 Å². The van der Waals surface area contributed by atoms with Gasteiger partial charge in [-0.05, 0) is 37.1 Å². The van der Waals surface area contributed by atoms with Crippen molar-refractivity contribution in [2.45, 2.75) is 31.1 Å². The number of amides is 1. The molecule has 1 amide bonds. The van der Waals surface area contributed by atoms with Gasteiger partial charge in [0.2, 0.25) is 0 Å². The molecular formula is C24H23N3O6S3. The minimum atomic E-state index is -4.40. The molecule has 2 aromatic heterocycles.